The standard InChI is InChI=1S/C22H28BrNO4/c1-4-26-12-13-27-19-7-5-6-18(15-19)24-22(25)17-8-9-21(20(23)14-17)28-11-10-16(2)3/h5-9,14-16H,4,10-13H2,1-3H3,(H,24,25). The van der Waals surface area contributed by atoms with Gasteiger partial charge in [0, 0.05) is 23.9 Å². The Morgan fingerprint density at radius 3 is 2.61 bits per heavy atom. The number of carbonyl (C=O) groups is 1. The number of nitrogens with one attached hydrogen (secondary N) is 1. The van der Waals surface area contributed by atoms with Gasteiger partial charge >= 0.3 is 0 Å². The van der Waals surface area contributed by atoms with Crippen LogP contribution in [-0.4, -0.2) is 32.3 Å². The molecule has 0 aliphatic carbocycles. The number of amides is 1. The summed E-state index contributed by atoms with van der Waals surface area (Å²) in [4.78, 5) is 12.6. The van der Waals surface area contributed by atoms with Gasteiger partial charge in [-0.2, -0.15) is 0 Å². The third-order valence-electron chi connectivity index (χ3n) is 3.94. The van der Waals surface area contributed by atoms with Crippen molar-refractivity contribution in [1.82, 2.24) is 0 Å². The van der Waals surface area contributed by atoms with Crippen molar-refractivity contribution in [2.45, 2.75) is 27.2 Å². The molecule has 1 amide bonds. The van der Waals surface area contributed by atoms with Gasteiger partial charge in [0.05, 0.1) is 17.7 Å². The van der Waals surface area contributed by atoms with Crippen LogP contribution in [0.1, 0.15) is 37.6 Å². The van der Waals surface area contributed by atoms with Crippen LogP contribution in [0.5, 0.6) is 11.5 Å². The van der Waals surface area contributed by atoms with E-state index in [4.69, 9.17) is 14.2 Å². The Labute approximate surface area is 175 Å². The second-order valence-electron chi connectivity index (χ2n) is 6.70. The van der Waals surface area contributed by atoms with E-state index < -0.39 is 0 Å². The maximum Gasteiger partial charge on any atom is 0.255 e. The Morgan fingerprint density at radius 1 is 1.07 bits per heavy atom. The predicted molar refractivity (Wildman–Crippen MR) is 115 cm³/mol. The van der Waals surface area contributed by atoms with E-state index in [-0.39, 0.29) is 5.91 Å². The monoisotopic (exact) mass is 449 g/mol. The molecule has 0 aliphatic rings. The van der Waals surface area contributed by atoms with Crippen LogP contribution in [0.25, 0.3) is 0 Å². The number of halogens is 1. The first-order valence-electron chi connectivity index (χ1n) is 9.54. The van der Waals surface area contributed by atoms with Crippen molar-refractivity contribution in [1.29, 1.82) is 0 Å². The first-order chi connectivity index (χ1) is 13.5. The van der Waals surface area contributed by atoms with Crippen molar-refractivity contribution in [2.24, 2.45) is 5.92 Å². The number of ether oxygens (including phenoxy) is 3. The molecule has 2 aromatic carbocycles. The average Bonchev–Trinajstić information content (AvgIpc) is 2.66. The van der Waals surface area contributed by atoms with Gasteiger partial charge in [-0.05, 0) is 65.5 Å². The molecule has 0 aromatic heterocycles. The van der Waals surface area contributed by atoms with Crippen LogP contribution in [0.2, 0.25) is 0 Å². The van der Waals surface area contributed by atoms with Gasteiger partial charge < -0.3 is 19.5 Å². The topological polar surface area (TPSA) is 56.8 Å². The molecular weight excluding hydrogens is 422 g/mol. The average molecular weight is 450 g/mol. The van der Waals surface area contributed by atoms with Crippen LogP contribution in [-0.2, 0) is 4.74 Å². The molecule has 0 unspecified atom stereocenters. The molecule has 0 saturated carbocycles. The Hall–Kier alpha value is -2.05. The first-order valence-corrected chi connectivity index (χ1v) is 10.3. The van der Waals surface area contributed by atoms with Crippen molar-refractivity contribution >= 4 is 27.5 Å². The summed E-state index contributed by atoms with van der Waals surface area (Å²) in [5.41, 5.74) is 1.22. The van der Waals surface area contributed by atoms with Crippen LogP contribution >= 0.6 is 15.9 Å². The van der Waals surface area contributed by atoms with Crippen molar-refractivity contribution in [3.05, 3.63) is 52.5 Å². The van der Waals surface area contributed by atoms with Crippen LogP contribution in [0.3, 0.4) is 0 Å². The summed E-state index contributed by atoms with van der Waals surface area (Å²) < 4.78 is 17.4. The van der Waals surface area contributed by atoms with E-state index in [1.807, 2.05) is 31.2 Å². The zero-order valence-electron chi connectivity index (χ0n) is 16.7. The van der Waals surface area contributed by atoms with Crippen LogP contribution < -0.4 is 14.8 Å². The van der Waals surface area contributed by atoms with Gasteiger partial charge in [-0.25, -0.2) is 0 Å². The minimum Gasteiger partial charge on any atom is -0.492 e. The van der Waals surface area contributed by atoms with E-state index in [2.05, 4.69) is 35.1 Å². The summed E-state index contributed by atoms with van der Waals surface area (Å²) >= 11 is 3.48. The Kier molecular flexibility index (Phi) is 9.31. The molecule has 0 heterocycles. The van der Waals surface area contributed by atoms with E-state index in [1.165, 1.54) is 0 Å². The number of hydrogen-bond acceptors (Lipinski definition) is 4. The second kappa shape index (κ2) is 11.7. The predicted octanol–water partition coefficient (Wildman–Crippen LogP) is 5.54. The van der Waals surface area contributed by atoms with Gasteiger partial charge in [0.1, 0.15) is 18.1 Å². The number of carbonyl (C=O) groups excluding carboxylic acids is 1. The highest BCUT2D eigenvalue weighted by Gasteiger charge is 2.10. The van der Waals surface area contributed by atoms with Crippen LogP contribution in [0.4, 0.5) is 5.69 Å². The molecule has 2 aromatic rings. The lowest BCUT2D eigenvalue weighted by molar-refractivity contribution is 0.102. The first kappa shape index (κ1) is 22.2. The molecule has 0 fully saturated rings. The summed E-state index contributed by atoms with van der Waals surface area (Å²) in [5.74, 6) is 1.82. The number of hydrogen-bond donors (Lipinski definition) is 1. The van der Waals surface area contributed by atoms with Gasteiger partial charge in [0.15, 0.2) is 0 Å². The van der Waals surface area contributed by atoms with Crippen molar-refractivity contribution in [3.8, 4) is 11.5 Å². The zero-order chi connectivity index (χ0) is 20.4. The van der Waals surface area contributed by atoms with E-state index in [1.54, 1.807) is 18.2 Å². The fraction of sp³-hybridized carbons (Fsp3) is 0.409. The molecule has 152 valence electrons. The molecular formula is C22H28BrNO4. The zero-order valence-corrected chi connectivity index (χ0v) is 18.3. The minimum atomic E-state index is -0.194. The van der Waals surface area contributed by atoms with E-state index >= 15 is 0 Å². The molecule has 0 atom stereocenters. The smallest absolute Gasteiger partial charge is 0.255 e. The van der Waals surface area contributed by atoms with Gasteiger partial charge in [0.25, 0.3) is 5.91 Å². The lowest BCUT2D eigenvalue weighted by Crippen LogP contribution is -2.12. The maximum absolute atomic E-state index is 12.6. The maximum atomic E-state index is 12.6. The molecule has 5 nitrogen and oxygen atoms in total. The number of rotatable bonds is 11. The molecule has 2 rings (SSSR count). The fourth-order valence-corrected chi connectivity index (χ4v) is 2.89. The normalized spacial score (nSPS) is 10.8. The Bertz CT molecular complexity index is 764. The van der Waals surface area contributed by atoms with Crippen LogP contribution in [0, 0.1) is 5.92 Å². The van der Waals surface area contributed by atoms with Crippen molar-refractivity contribution < 1.29 is 19.0 Å². The molecule has 28 heavy (non-hydrogen) atoms. The SMILES string of the molecule is CCOCCOc1cccc(NC(=O)c2ccc(OCCC(C)C)c(Br)c2)c1. The molecule has 0 aliphatic heterocycles. The van der Waals surface area contributed by atoms with E-state index in [0.29, 0.717) is 49.3 Å². The molecule has 0 radical (unpaired) electrons. The largest absolute Gasteiger partial charge is 0.492 e. The quantitative estimate of drug-likeness (QED) is 0.457. The second-order valence-corrected chi connectivity index (χ2v) is 7.56. The third kappa shape index (κ3) is 7.52. The summed E-state index contributed by atoms with van der Waals surface area (Å²) in [5, 5.41) is 2.89. The molecule has 1 N–H and O–H groups in total. The van der Waals surface area contributed by atoms with Gasteiger partial charge in [-0.15, -0.1) is 0 Å². The van der Waals surface area contributed by atoms with Gasteiger partial charge in [0.2, 0.25) is 0 Å². The highest BCUT2D eigenvalue weighted by molar-refractivity contribution is 9.10. The molecule has 0 spiro atoms. The fourth-order valence-electron chi connectivity index (χ4n) is 2.39. The number of benzene rings is 2. The minimum absolute atomic E-state index is 0.194. The number of anilines is 1. The van der Waals surface area contributed by atoms with Crippen LogP contribution in [0.15, 0.2) is 46.9 Å². The molecule has 6 heteroatoms. The summed E-state index contributed by atoms with van der Waals surface area (Å²) in [7, 11) is 0. The highest BCUT2D eigenvalue weighted by Crippen LogP contribution is 2.27. The summed E-state index contributed by atoms with van der Waals surface area (Å²) in [6, 6.07) is 12.6. The summed E-state index contributed by atoms with van der Waals surface area (Å²) in [6.45, 7) is 8.58. The molecule has 0 bridgehead atoms. The lowest BCUT2D eigenvalue weighted by atomic mass is 10.1. The van der Waals surface area contributed by atoms with Crippen molar-refractivity contribution in [2.75, 3.05) is 31.7 Å². The van der Waals surface area contributed by atoms with Gasteiger partial charge in [-0.1, -0.05) is 19.9 Å². The van der Waals surface area contributed by atoms with E-state index in [0.717, 1.165) is 16.6 Å². The summed E-state index contributed by atoms with van der Waals surface area (Å²) in [6.07, 6.45) is 0.984. The van der Waals surface area contributed by atoms with E-state index in [9.17, 15) is 4.79 Å². The third-order valence-corrected chi connectivity index (χ3v) is 4.56. The molecule has 0 saturated heterocycles. The van der Waals surface area contributed by atoms with Crippen molar-refractivity contribution in [3.63, 3.8) is 0 Å². The lowest BCUT2D eigenvalue weighted by Gasteiger charge is -2.12. The highest BCUT2D eigenvalue weighted by atomic mass is 79.9. The van der Waals surface area contributed by atoms with Gasteiger partial charge in [-0.3, -0.25) is 4.79 Å². The Balaban J connectivity index is 1.94. The Morgan fingerprint density at radius 2 is 1.89 bits per heavy atom.